The Labute approximate surface area is 124 Å². The molecule has 1 fully saturated rings. The fourth-order valence-corrected chi connectivity index (χ4v) is 2.63. The highest BCUT2D eigenvalue weighted by Gasteiger charge is 2.20. The van der Waals surface area contributed by atoms with Crippen molar-refractivity contribution in [1.29, 1.82) is 0 Å². The van der Waals surface area contributed by atoms with Crippen LogP contribution < -0.4 is 10.1 Å². The van der Waals surface area contributed by atoms with Crippen LogP contribution in [0.15, 0.2) is 18.2 Å². The van der Waals surface area contributed by atoms with Gasteiger partial charge in [0.05, 0.1) is 18.1 Å². The predicted octanol–water partition coefficient (Wildman–Crippen LogP) is 2.51. The standard InChI is InChI=1S/C15H22N2O4/c1-11(13-3-5-21-6-4-13)16-10-12-7-14(17(18)19)9-15(8-12)20-2/h7-9,11,13,16H,3-6,10H2,1-2H3. The third kappa shape index (κ3) is 4.41. The number of nitro groups is 1. The van der Waals surface area contributed by atoms with Gasteiger partial charge < -0.3 is 14.8 Å². The lowest BCUT2D eigenvalue weighted by Gasteiger charge is -2.28. The molecule has 0 amide bonds. The van der Waals surface area contributed by atoms with Gasteiger partial charge in [0.2, 0.25) is 0 Å². The Kier molecular flexibility index (Phi) is 5.52. The van der Waals surface area contributed by atoms with Crippen LogP contribution in [0.25, 0.3) is 0 Å². The summed E-state index contributed by atoms with van der Waals surface area (Å²) in [6.45, 7) is 4.39. The van der Waals surface area contributed by atoms with Gasteiger partial charge in [0.15, 0.2) is 0 Å². The van der Waals surface area contributed by atoms with Crippen molar-refractivity contribution in [3.8, 4) is 5.75 Å². The Morgan fingerprint density at radius 3 is 2.76 bits per heavy atom. The van der Waals surface area contributed by atoms with Crippen molar-refractivity contribution in [3.63, 3.8) is 0 Å². The van der Waals surface area contributed by atoms with Crippen LogP contribution in [-0.4, -0.2) is 31.3 Å². The summed E-state index contributed by atoms with van der Waals surface area (Å²) >= 11 is 0. The highest BCUT2D eigenvalue weighted by molar-refractivity contribution is 5.42. The van der Waals surface area contributed by atoms with Crippen LogP contribution in [0.4, 0.5) is 5.69 Å². The molecule has 1 aromatic rings. The van der Waals surface area contributed by atoms with Gasteiger partial charge in [-0.25, -0.2) is 0 Å². The molecule has 1 atom stereocenters. The first-order valence-corrected chi connectivity index (χ1v) is 7.23. The van der Waals surface area contributed by atoms with E-state index in [1.807, 2.05) is 6.07 Å². The smallest absolute Gasteiger partial charge is 0.273 e. The Bertz CT molecular complexity index is 487. The van der Waals surface area contributed by atoms with E-state index in [1.54, 1.807) is 6.07 Å². The molecule has 1 aliphatic rings. The second kappa shape index (κ2) is 7.38. The molecule has 0 aromatic heterocycles. The normalized spacial score (nSPS) is 17.4. The monoisotopic (exact) mass is 294 g/mol. The van der Waals surface area contributed by atoms with E-state index in [0.717, 1.165) is 31.6 Å². The third-order valence-corrected chi connectivity index (χ3v) is 4.00. The van der Waals surface area contributed by atoms with E-state index in [1.165, 1.54) is 13.2 Å². The van der Waals surface area contributed by atoms with Crippen LogP contribution in [0.3, 0.4) is 0 Å². The molecule has 6 nitrogen and oxygen atoms in total. The summed E-state index contributed by atoms with van der Waals surface area (Å²) < 4.78 is 10.5. The van der Waals surface area contributed by atoms with Crippen molar-refractivity contribution >= 4 is 5.69 Å². The quantitative estimate of drug-likeness (QED) is 0.644. The van der Waals surface area contributed by atoms with Gasteiger partial charge in [-0.1, -0.05) is 0 Å². The van der Waals surface area contributed by atoms with Gasteiger partial charge >= 0.3 is 0 Å². The molecular weight excluding hydrogens is 272 g/mol. The highest BCUT2D eigenvalue weighted by Crippen LogP contribution is 2.23. The molecule has 1 aliphatic heterocycles. The van der Waals surface area contributed by atoms with E-state index in [9.17, 15) is 10.1 Å². The van der Waals surface area contributed by atoms with Crippen LogP contribution in [0.2, 0.25) is 0 Å². The molecule has 0 aliphatic carbocycles. The molecule has 116 valence electrons. The maximum absolute atomic E-state index is 10.9. The topological polar surface area (TPSA) is 73.6 Å². The first kappa shape index (κ1) is 15.7. The fourth-order valence-electron chi connectivity index (χ4n) is 2.63. The van der Waals surface area contributed by atoms with E-state index in [2.05, 4.69) is 12.2 Å². The zero-order chi connectivity index (χ0) is 15.2. The van der Waals surface area contributed by atoms with Crippen molar-refractivity contribution in [2.24, 2.45) is 5.92 Å². The molecule has 1 heterocycles. The summed E-state index contributed by atoms with van der Waals surface area (Å²) in [7, 11) is 1.51. The van der Waals surface area contributed by atoms with E-state index < -0.39 is 4.92 Å². The number of hydrogen-bond acceptors (Lipinski definition) is 5. The van der Waals surface area contributed by atoms with E-state index in [4.69, 9.17) is 9.47 Å². The minimum atomic E-state index is -0.395. The van der Waals surface area contributed by atoms with Crippen molar-refractivity contribution in [2.75, 3.05) is 20.3 Å². The summed E-state index contributed by atoms with van der Waals surface area (Å²) in [6.07, 6.45) is 2.12. The van der Waals surface area contributed by atoms with Crippen molar-refractivity contribution in [3.05, 3.63) is 33.9 Å². The number of hydrogen-bond donors (Lipinski definition) is 1. The second-order valence-corrected chi connectivity index (χ2v) is 5.42. The molecular formula is C15H22N2O4. The second-order valence-electron chi connectivity index (χ2n) is 5.42. The Morgan fingerprint density at radius 2 is 2.14 bits per heavy atom. The first-order valence-electron chi connectivity index (χ1n) is 7.23. The molecule has 1 saturated heterocycles. The molecule has 0 saturated carbocycles. The number of benzene rings is 1. The summed E-state index contributed by atoms with van der Waals surface area (Å²) in [5.74, 6) is 1.11. The predicted molar refractivity (Wildman–Crippen MR) is 79.5 cm³/mol. The summed E-state index contributed by atoms with van der Waals surface area (Å²) in [6, 6.07) is 5.22. The molecule has 1 aromatic carbocycles. The van der Waals surface area contributed by atoms with E-state index in [0.29, 0.717) is 24.3 Å². The highest BCUT2D eigenvalue weighted by atomic mass is 16.6. The Hall–Kier alpha value is -1.66. The van der Waals surface area contributed by atoms with Crippen LogP contribution >= 0.6 is 0 Å². The maximum atomic E-state index is 10.9. The lowest BCUT2D eigenvalue weighted by Crippen LogP contribution is -2.36. The Balaban J connectivity index is 1.98. The molecule has 0 bridgehead atoms. The summed E-state index contributed by atoms with van der Waals surface area (Å²) in [5.41, 5.74) is 0.921. The molecule has 0 spiro atoms. The molecule has 1 N–H and O–H groups in total. The SMILES string of the molecule is COc1cc(CNC(C)C2CCOCC2)cc([N+](=O)[O-])c1. The van der Waals surface area contributed by atoms with Crippen LogP contribution in [0.5, 0.6) is 5.75 Å². The number of nitrogens with one attached hydrogen (secondary N) is 1. The zero-order valence-corrected chi connectivity index (χ0v) is 12.5. The van der Waals surface area contributed by atoms with Gasteiger partial charge in [0.25, 0.3) is 5.69 Å². The number of rotatable bonds is 6. The molecule has 1 unspecified atom stereocenters. The molecule has 0 radical (unpaired) electrons. The average Bonchev–Trinajstić information content (AvgIpc) is 2.53. The number of nitrogens with zero attached hydrogens (tertiary/aromatic N) is 1. The number of methoxy groups -OCH3 is 1. The lowest BCUT2D eigenvalue weighted by molar-refractivity contribution is -0.385. The summed E-state index contributed by atoms with van der Waals surface area (Å²) in [4.78, 5) is 10.5. The number of non-ortho nitro benzene ring substituents is 1. The molecule has 2 rings (SSSR count). The molecule has 6 heteroatoms. The van der Waals surface area contributed by atoms with Crippen molar-refractivity contribution < 1.29 is 14.4 Å². The minimum Gasteiger partial charge on any atom is -0.496 e. The first-order chi connectivity index (χ1) is 10.1. The Morgan fingerprint density at radius 1 is 1.43 bits per heavy atom. The fraction of sp³-hybridized carbons (Fsp3) is 0.600. The van der Waals surface area contributed by atoms with Crippen LogP contribution in [0.1, 0.15) is 25.3 Å². The van der Waals surface area contributed by atoms with Gasteiger partial charge in [0, 0.05) is 31.9 Å². The number of nitro benzene ring substituents is 1. The van der Waals surface area contributed by atoms with Gasteiger partial charge in [-0.3, -0.25) is 10.1 Å². The largest absolute Gasteiger partial charge is 0.496 e. The van der Waals surface area contributed by atoms with Crippen molar-refractivity contribution in [2.45, 2.75) is 32.4 Å². The maximum Gasteiger partial charge on any atom is 0.273 e. The van der Waals surface area contributed by atoms with Gasteiger partial charge in [-0.05, 0) is 37.3 Å². The third-order valence-electron chi connectivity index (χ3n) is 4.00. The lowest BCUT2D eigenvalue weighted by atomic mass is 9.93. The minimum absolute atomic E-state index is 0.0601. The number of ether oxygens (including phenoxy) is 2. The zero-order valence-electron chi connectivity index (χ0n) is 12.5. The average molecular weight is 294 g/mol. The van der Waals surface area contributed by atoms with Crippen LogP contribution in [-0.2, 0) is 11.3 Å². The summed E-state index contributed by atoms with van der Waals surface area (Å²) in [5, 5.41) is 14.4. The molecule has 21 heavy (non-hydrogen) atoms. The van der Waals surface area contributed by atoms with Crippen LogP contribution in [0, 0.1) is 16.0 Å². The van der Waals surface area contributed by atoms with E-state index >= 15 is 0 Å². The van der Waals surface area contributed by atoms with Gasteiger partial charge in [-0.2, -0.15) is 0 Å². The van der Waals surface area contributed by atoms with Gasteiger partial charge in [0.1, 0.15) is 5.75 Å². The van der Waals surface area contributed by atoms with Crippen molar-refractivity contribution in [1.82, 2.24) is 5.32 Å². The van der Waals surface area contributed by atoms with Gasteiger partial charge in [-0.15, -0.1) is 0 Å². The van der Waals surface area contributed by atoms with E-state index in [-0.39, 0.29) is 5.69 Å².